The number of benzene rings is 2. The Morgan fingerprint density at radius 3 is 2.22 bits per heavy atom. The van der Waals surface area contributed by atoms with Gasteiger partial charge in [0.25, 0.3) is 0 Å². The van der Waals surface area contributed by atoms with Crippen molar-refractivity contribution in [2.75, 3.05) is 14.2 Å². The number of ether oxygens (including phenoxy) is 2. The van der Waals surface area contributed by atoms with Crippen molar-refractivity contribution < 1.29 is 24.2 Å². The summed E-state index contributed by atoms with van der Waals surface area (Å²) in [5.74, 6) is -1.25. The first-order valence-electron chi connectivity index (χ1n) is 10.9. The van der Waals surface area contributed by atoms with E-state index >= 15 is 0 Å². The molecule has 0 aromatic heterocycles. The fourth-order valence-electron chi connectivity index (χ4n) is 4.25. The number of methoxy groups -OCH3 is 2. The molecule has 32 heavy (non-hydrogen) atoms. The Hall–Kier alpha value is -3.02. The zero-order chi connectivity index (χ0) is 24.1. The summed E-state index contributed by atoms with van der Waals surface area (Å²) in [4.78, 5) is 24.7. The van der Waals surface area contributed by atoms with Crippen LogP contribution in [0.5, 0.6) is 11.5 Å². The van der Waals surface area contributed by atoms with Crippen molar-refractivity contribution in [3.05, 3.63) is 58.7 Å². The Bertz CT molecular complexity index is 961. The molecule has 0 bridgehead atoms. The lowest BCUT2D eigenvalue weighted by molar-refractivity contribution is -0.120. The summed E-state index contributed by atoms with van der Waals surface area (Å²) in [5, 5.41) is 9.61. The van der Waals surface area contributed by atoms with E-state index in [4.69, 9.17) is 15.2 Å². The van der Waals surface area contributed by atoms with Crippen LogP contribution in [0.4, 0.5) is 0 Å². The van der Waals surface area contributed by atoms with Crippen LogP contribution < -0.4 is 15.2 Å². The van der Waals surface area contributed by atoms with E-state index in [0.29, 0.717) is 23.5 Å². The van der Waals surface area contributed by atoms with Gasteiger partial charge in [-0.2, -0.15) is 0 Å². The average Bonchev–Trinajstić information content (AvgIpc) is 2.74. The first-order chi connectivity index (χ1) is 15.0. The molecule has 2 rings (SSSR count). The second-order valence-electron chi connectivity index (χ2n) is 9.09. The molecule has 0 spiro atoms. The Morgan fingerprint density at radius 2 is 1.72 bits per heavy atom. The Balaban J connectivity index is 2.80. The molecule has 0 saturated heterocycles. The maximum absolute atomic E-state index is 13.0. The number of hydrogen-bond acceptors (Lipinski definition) is 4. The molecular formula is C26H35NO5. The van der Waals surface area contributed by atoms with Gasteiger partial charge in [0.05, 0.1) is 25.7 Å². The lowest BCUT2D eigenvalue weighted by atomic mass is 9.72. The Labute approximate surface area is 190 Å². The first-order valence-corrected chi connectivity index (χ1v) is 10.9. The van der Waals surface area contributed by atoms with Crippen molar-refractivity contribution in [1.82, 2.24) is 0 Å². The molecule has 1 amide bonds. The molecule has 3 N–H and O–H groups in total. The summed E-state index contributed by atoms with van der Waals surface area (Å²) in [5.41, 5.74) is 8.25. The van der Waals surface area contributed by atoms with Gasteiger partial charge in [-0.1, -0.05) is 52.7 Å². The zero-order valence-corrected chi connectivity index (χ0v) is 19.9. The van der Waals surface area contributed by atoms with E-state index in [1.807, 2.05) is 32.9 Å². The lowest BCUT2D eigenvalue weighted by Crippen LogP contribution is -2.30. The second-order valence-corrected chi connectivity index (χ2v) is 9.09. The first kappa shape index (κ1) is 25.2. The largest absolute Gasteiger partial charge is 0.497 e. The quantitative estimate of drug-likeness (QED) is 0.525. The maximum Gasteiger partial charge on any atom is 0.335 e. The highest BCUT2D eigenvalue weighted by atomic mass is 16.5. The molecule has 0 aliphatic rings. The summed E-state index contributed by atoms with van der Waals surface area (Å²) in [6, 6.07) is 10.5. The fourth-order valence-corrected chi connectivity index (χ4v) is 4.25. The summed E-state index contributed by atoms with van der Waals surface area (Å²) < 4.78 is 11.0. The molecule has 0 heterocycles. The van der Waals surface area contributed by atoms with Crippen LogP contribution in [0, 0.1) is 0 Å². The van der Waals surface area contributed by atoms with Gasteiger partial charge >= 0.3 is 5.97 Å². The number of aromatic carboxylic acids is 1. The molecule has 2 unspecified atom stereocenters. The number of hydrogen-bond donors (Lipinski definition) is 2. The number of carboxylic acid groups (broad SMARTS) is 1. The highest BCUT2D eigenvalue weighted by Gasteiger charge is 2.35. The minimum atomic E-state index is -1.04. The van der Waals surface area contributed by atoms with Crippen LogP contribution in [-0.2, 0) is 10.2 Å². The van der Waals surface area contributed by atoms with E-state index in [2.05, 4.69) is 6.92 Å². The van der Waals surface area contributed by atoms with E-state index in [0.717, 1.165) is 24.0 Å². The van der Waals surface area contributed by atoms with Crippen LogP contribution in [0.3, 0.4) is 0 Å². The van der Waals surface area contributed by atoms with Crippen LogP contribution in [0.2, 0.25) is 0 Å². The second kappa shape index (κ2) is 10.5. The number of primary amides is 1. The van der Waals surface area contributed by atoms with Gasteiger partial charge < -0.3 is 20.3 Å². The summed E-state index contributed by atoms with van der Waals surface area (Å²) >= 11 is 0. The highest BCUT2D eigenvalue weighted by molar-refractivity contribution is 5.90. The number of nitrogens with two attached hydrogens (primary N) is 1. The number of carbonyl (C=O) groups excluding carboxylic acids is 1. The molecule has 174 valence electrons. The molecule has 2 atom stereocenters. The third-order valence-corrected chi connectivity index (χ3v) is 5.86. The van der Waals surface area contributed by atoms with Crippen LogP contribution in [0.25, 0.3) is 0 Å². The molecule has 2 aromatic carbocycles. The molecule has 6 heteroatoms. The number of carbonyl (C=O) groups is 2. The van der Waals surface area contributed by atoms with Gasteiger partial charge in [-0.15, -0.1) is 0 Å². The smallest absolute Gasteiger partial charge is 0.335 e. The third kappa shape index (κ3) is 5.61. The lowest BCUT2D eigenvalue weighted by Gasteiger charge is -2.32. The van der Waals surface area contributed by atoms with Gasteiger partial charge in [0.2, 0.25) is 5.91 Å². The van der Waals surface area contributed by atoms with Gasteiger partial charge in [0.1, 0.15) is 11.5 Å². The molecule has 0 radical (unpaired) electrons. The number of rotatable bonds is 10. The highest BCUT2D eigenvalue weighted by Crippen LogP contribution is 2.44. The van der Waals surface area contributed by atoms with Gasteiger partial charge in [-0.25, -0.2) is 4.79 Å². The monoisotopic (exact) mass is 441 g/mol. The fraction of sp³-hybridized carbons (Fsp3) is 0.462. The Morgan fingerprint density at radius 1 is 1.03 bits per heavy atom. The van der Waals surface area contributed by atoms with E-state index < -0.39 is 17.8 Å². The standard InChI is InChI=1S/C26H35NO5/c1-7-8-9-19(18-12-11-17(31-5)15-22(18)32-6)23(24(27)28)20-14-16(25(29)30)10-13-21(20)26(2,3)4/h10-15,19,23H,7-9H2,1-6H3,(H2,27,28)(H,29,30). The predicted octanol–water partition coefficient (Wildman–Crippen LogP) is 5.24. The molecule has 6 nitrogen and oxygen atoms in total. The molecule has 0 fully saturated rings. The minimum absolute atomic E-state index is 0.134. The van der Waals surface area contributed by atoms with Crippen LogP contribution in [-0.4, -0.2) is 31.2 Å². The number of unbranched alkanes of at least 4 members (excludes halogenated alkanes) is 1. The van der Waals surface area contributed by atoms with E-state index in [1.54, 1.807) is 38.5 Å². The van der Waals surface area contributed by atoms with Crippen molar-refractivity contribution in [3.8, 4) is 11.5 Å². The molecule has 0 saturated carbocycles. The predicted molar refractivity (Wildman–Crippen MR) is 126 cm³/mol. The van der Waals surface area contributed by atoms with Crippen LogP contribution >= 0.6 is 0 Å². The topological polar surface area (TPSA) is 98.9 Å². The minimum Gasteiger partial charge on any atom is -0.497 e. The molecular weight excluding hydrogens is 406 g/mol. The van der Waals surface area contributed by atoms with Crippen molar-refractivity contribution in [1.29, 1.82) is 0 Å². The molecule has 2 aromatic rings. The third-order valence-electron chi connectivity index (χ3n) is 5.86. The summed E-state index contributed by atoms with van der Waals surface area (Å²) in [6.07, 6.45) is 2.53. The van der Waals surface area contributed by atoms with Crippen molar-refractivity contribution in [2.45, 2.75) is 64.2 Å². The van der Waals surface area contributed by atoms with Gasteiger partial charge in [0, 0.05) is 12.0 Å². The van der Waals surface area contributed by atoms with Crippen molar-refractivity contribution in [2.24, 2.45) is 5.73 Å². The van der Waals surface area contributed by atoms with E-state index in [-0.39, 0.29) is 16.9 Å². The normalized spacial score (nSPS) is 13.3. The van der Waals surface area contributed by atoms with E-state index in [9.17, 15) is 14.7 Å². The molecule has 0 aliphatic carbocycles. The van der Waals surface area contributed by atoms with Gasteiger partial charge in [-0.3, -0.25) is 4.79 Å². The average molecular weight is 442 g/mol. The zero-order valence-electron chi connectivity index (χ0n) is 19.9. The maximum atomic E-state index is 13.0. The number of amides is 1. The SMILES string of the molecule is CCCCC(c1ccc(OC)cc1OC)C(C(N)=O)c1cc(C(=O)O)ccc1C(C)(C)C. The van der Waals surface area contributed by atoms with Crippen molar-refractivity contribution in [3.63, 3.8) is 0 Å². The van der Waals surface area contributed by atoms with E-state index in [1.165, 1.54) is 0 Å². The van der Waals surface area contributed by atoms with Crippen molar-refractivity contribution >= 4 is 11.9 Å². The van der Waals surface area contributed by atoms with Crippen LogP contribution in [0.1, 0.15) is 85.8 Å². The summed E-state index contributed by atoms with van der Waals surface area (Å²) in [6.45, 7) is 8.21. The van der Waals surface area contributed by atoms with Gasteiger partial charge in [-0.05, 0) is 46.7 Å². The Kier molecular flexibility index (Phi) is 8.31. The number of carboxylic acids is 1. The van der Waals surface area contributed by atoms with Gasteiger partial charge in [0.15, 0.2) is 0 Å². The van der Waals surface area contributed by atoms with Crippen LogP contribution in [0.15, 0.2) is 36.4 Å². The summed E-state index contributed by atoms with van der Waals surface area (Å²) in [7, 11) is 3.17. The molecule has 0 aliphatic heterocycles.